The molecule has 2 atom stereocenters. The second-order valence-electron chi connectivity index (χ2n) is 3.56. The van der Waals surface area contributed by atoms with Gasteiger partial charge in [-0.15, -0.1) is 0 Å². The number of nitrogens with one attached hydrogen (secondary N) is 1. The van der Waals surface area contributed by atoms with E-state index in [1.54, 1.807) is 5.43 Å². The molecule has 1 fully saturated rings. The van der Waals surface area contributed by atoms with E-state index in [2.05, 4.69) is 17.5 Å². The van der Waals surface area contributed by atoms with Gasteiger partial charge in [-0.05, 0) is 18.8 Å². The minimum absolute atomic E-state index is 0.0127. The van der Waals surface area contributed by atoms with Crippen LogP contribution in [0.5, 0.6) is 0 Å². The lowest BCUT2D eigenvalue weighted by molar-refractivity contribution is 0.106. The number of hydrazine groups is 1. The van der Waals surface area contributed by atoms with Crippen LogP contribution in [0.1, 0.15) is 32.6 Å². The number of carbonyl (C=O) groups is 1. The Kier molecular flexibility index (Phi) is 7.14. The van der Waals surface area contributed by atoms with E-state index in [4.69, 9.17) is 5.11 Å². The van der Waals surface area contributed by atoms with E-state index in [0.29, 0.717) is 0 Å². The van der Waals surface area contributed by atoms with Crippen molar-refractivity contribution in [2.24, 2.45) is 11.8 Å². The third-order valence-electron chi connectivity index (χ3n) is 2.21. The maximum Gasteiger partial charge on any atom is 0.421 e. The molecule has 5 heteroatoms. The van der Waals surface area contributed by atoms with Crippen molar-refractivity contribution in [3.05, 3.63) is 0 Å². The summed E-state index contributed by atoms with van der Waals surface area (Å²) in [6.45, 7) is 2.21. The molecule has 0 radical (unpaired) electrons. The third kappa shape index (κ3) is 6.68. The van der Waals surface area contributed by atoms with E-state index < -0.39 is 6.09 Å². The van der Waals surface area contributed by atoms with Crippen LogP contribution in [-0.2, 0) is 4.74 Å². The molecule has 0 aromatic carbocycles. The highest BCUT2D eigenvalue weighted by molar-refractivity contribution is 5.65. The van der Waals surface area contributed by atoms with E-state index in [9.17, 15) is 4.79 Å². The summed E-state index contributed by atoms with van der Waals surface area (Å²) in [5.41, 5.74) is 1.75. The number of nitrogens with two attached hydrogens (primary N) is 1. The monoisotopic (exact) mass is 204 g/mol. The van der Waals surface area contributed by atoms with E-state index in [0.717, 1.165) is 18.8 Å². The van der Waals surface area contributed by atoms with Crippen LogP contribution in [0.2, 0.25) is 0 Å². The first kappa shape index (κ1) is 13.2. The molecule has 4 N–H and O–H groups in total. The van der Waals surface area contributed by atoms with Gasteiger partial charge in [-0.25, -0.2) is 10.6 Å². The van der Waals surface area contributed by atoms with E-state index in [-0.39, 0.29) is 6.10 Å². The van der Waals surface area contributed by atoms with Crippen LogP contribution in [0.4, 0.5) is 4.79 Å². The first-order chi connectivity index (χ1) is 6.60. The molecule has 0 aromatic rings. The zero-order chi connectivity index (χ0) is 11.0. The van der Waals surface area contributed by atoms with Crippen LogP contribution >= 0.6 is 0 Å². The zero-order valence-corrected chi connectivity index (χ0v) is 8.82. The Morgan fingerprint density at radius 3 is 2.43 bits per heavy atom. The molecule has 1 amide bonds. The number of ether oxygens (including phenoxy) is 1. The topological polar surface area (TPSA) is 84.6 Å². The average molecular weight is 204 g/mol. The van der Waals surface area contributed by atoms with Gasteiger partial charge in [0, 0.05) is 0 Å². The van der Waals surface area contributed by atoms with Gasteiger partial charge in [0.15, 0.2) is 0 Å². The highest BCUT2D eigenvalue weighted by atomic mass is 16.5. The highest BCUT2D eigenvalue weighted by Gasteiger charge is 2.15. The van der Waals surface area contributed by atoms with Gasteiger partial charge in [0.25, 0.3) is 0 Å². The van der Waals surface area contributed by atoms with Crippen molar-refractivity contribution < 1.29 is 14.6 Å². The Balaban J connectivity index is 0.000000255. The lowest BCUT2D eigenvalue weighted by atomic mass is 9.89. The van der Waals surface area contributed by atoms with Gasteiger partial charge in [0.05, 0.1) is 13.2 Å². The first-order valence-electron chi connectivity index (χ1n) is 4.82. The van der Waals surface area contributed by atoms with E-state index >= 15 is 0 Å². The van der Waals surface area contributed by atoms with E-state index in [1.807, 2.05) is 0 Å². The first-order valence-corrected chi connectivity index (χ1v) is 4.82. The summed E-state index contributed by atoms with van der Waals surface area (Å²) in [5.74, 6) is 5.32. The van der Waals surface area contributed by atoms with Gasteiger partial charge in [-0.2, -0.15) is 0 Å². The van der Waals surface area contributed by atoms with Crippen LogP contribution < -0.4 is 11.3 Å². The molecule has 1 aliphatic carbocycles. The van der Waals surface area contributed by atoms with Crippen molar-refractivity contribution >= 4 is 6.09 Å². The molecule has 0 bridgehead atoms. The number of rotatable bonds is 0. The summed E-state index contributed by atoms with van der Waals surface area (Å²) in [4.78, 5) is 9.72. The fourth-order valence-corrected chi connectivity index (χ4v) is 1.46. The van der Waals surface area contributed by atoms with Crippen molar-refractivity contribution in [1.82, 2.24) is 5.43 Å². The Hall–Kier alpha value is -0.810. The molecular formula is C9H20N2O3. The molecule has 1 rings (SSSR count). The minimum atomic E-state index is -0.630. The van der Waals surface area contributed by atoms with Crippen molar-refractivity contribution in [3.63, 3.8) is 0 Å². The molecule has 0 spiro atoms. The van der Waals surface area contributed by atoms with Crippen LogP contribution in [-0.4, -0.2) is 24.4 Å². The number of hydrogen-bond donors (Lipinski definition) is 3. The maximum absolute atomic E-state index is 9.72. The summed E-state index contributed by atoms with van der Waals surface area (Å²) >= 11 is 0. The number of aliphatic hydroxyl groups excluding tert-OH is 1. The van der Waals surface area contributed by atoms with Crippen molar-refractivity contribution in [2.45, 2.75) is 38.7 Å². The molecule has 0 saturated heterocycles. The van der Waals surface area contributed by atoms with Crippen LogP contribution in [0.3, 0.4) is 0 Å². The van der Waals surface area contributed by atoms with Crippen molar-refractivity contribution in [2.75, 3.05) is 7.11 Å². The standard InChI is InChI=1S/C7H14O.C2H6N2O2/c1-6-3-2-4-7(8)5-6;1-6-2(5)4-3/h6-8H,2-5H2,1H3;3H2,1H3,(H,4,5). The Labute approximate surface area is 84.6 Å². The number of hydrogen-bond acceptors (Lipinski definition) is 4. The predicted molar refractivity (Wildman–Crippen MR) is 53.4 cm³/mol. The molecule has 14 heavy (non-hydrogen) atoms. The molecule has 2 unspecified atom stereocenters. The third-order valence-corrected chi connectivity index (χ3v) is 2.21. The molecule has 0 aromatic heterocycles. The van der Waals surface area contributed by atoms with Crippen molar-refractivity contribution in [3.8, 4) is 0 Å². The van der Waals surface area contributed by atoms with Crippen LogP contribution in [0, 0.1) is 5.92 Å². The van der Waals surface area contributed by atoms with Gasteiger partial charge in [-0.1, -0.05) is 19.8 Å². The normalized spacial score (nSPS) is 25.7. The predicted octanol–water partition coefficient (Wildman–Crippen LogP) is 0.774. The van der Waals surface area contributed by atoms with E-state index in [1.165, 1.54) is 20.0 Å². The SMILES string of the molecule is CC1CCCC(O)C1.COC(=O)NN. The molecule has 1 aliphatic rings. The number of aliphatic hydroxyl groups is 1. The summed E-state index contributed by atoms with van der Waals surface area (Å²) in [7, 11) is 1.24. The largest absolute Gasteiger partial charge is 0.452 e. The smallest absolute Gasteiger partial charge is 0.421 e. The summed E-state index contributed by atoms with van der Waals surface area (Å²) < 4.78 is 4.02. The molecule has 5 nitrogen and oxygen atoms in total. The summed E-state index contributed by atoms with van der Waals surface area (Å²) in [6.07, 6.45) is 3.98. The lowest BCUT2D eigenvalue weighted by Crippen LogP contribution is -2.29. The molecular weight excluding hydrogens is 184 g/mol. The second-order valence-corrected chi connectivity index (χ2v) is 3.56. The molecule has 1 saturated carbocycles. The van der Waals surface area contributed by atoms with Gasteiger partial charge < -0.3 is 9.84 Å². The Morgan fingerprint density at radius 2 is 2.21 bits per heavy atom. The zero-order valence-electron chi connectivity index (χ0n) is 8.82. The van der Waals surface area contributed by atoms with Crippen LogP contribution in [0.15, 0.2) is 0 Å². The van der Waals surface area contributed by atoms with Gasteiger partial charge in [-0.3, -0.25) is 5.43 Å². The molecule has 0 heterocycles. The lowest BCUT2D eigenvalue weighted by Gasteiger charge is -2.21. The summed E-state index contributed by atoms with van der Waals surface area (Å²) in [5, 5.41) is 9.08. The fraction of sp³-hybridized carbons (Fsp3) is 0.889. The van der Waals surface area contributed by atoms with Gasteiger partial charge in [0.1, 0.15) is 0 Å². The van der Waals surface area contributed by atoms with Gasteiger partial charge in [0.2, 0.25) is 0 Å². The van der Waals surface area contributed by atoms with Crippen LogP contribution in [0.25, 0.3) is 0 Å². The fourth-order valence-electron chi connectivity index (χ4n) is 1.46. The number of methoxy groups -OCH3 is 1. The Bertz CT molecular complexity index is 150. The molecule has 0 aliphatic heterocycles. The number of amides is 1. The average Bonchev–Trinajstić information content (AvgIpc) is 2.17. The second kappa shape index (κ2) is 7.58. The molecule has 84 valence electrons. The minimum Gasteiger partial charge on any atom is -0.452 e. The highest BCUT2D eigenvalue weighted by Crippen LogP contribution is 2.22. The van der Waals surface area contributed by atoms with Gasteiger partial charge >= 0.3 is 6.09 Å². The summed E-state index contributed by atoms with van der Waals surface area (Å²) in [6, 6.07) is 0. The Morgan fingerprint density at radius 1 is 1.57 bits per heavy atom. The van der Waals surface area contributed by atoms with Crippen molar-refractivity contribution in [1.29, 1.82) is 0 Å². The quantitative estimate of drug-likeness (QED) is 0.309. The number of carbonyl (C=O) groups excluding carboxylic acids is 1. The maximum atomic E-state index is 9.72.